The van der Waals surface area contributed by atoms with E-state index in [9.17, 15) is 9.90 Å². The lowest BCUT2D eigenvalue weighted by atomic mass is 10.2. The van der Waals surface area contributed by atoms with Crippen molar-refractivity contribution in [2.24, 2.45) is 0 Å². The Hall–Kier alpha value is -3.41. The fourth-order valence-corrected chi connectivity index (χ4v) is 2.90. The Kier molecular flexibility index (Phi) is 3.57. The van der Waals surface area contributed by atoms with E-state index >= 15 is 0 Å². The van der Waals surface area contributed by atoms with E-state index in [-0.39, 0.29) is 11.3 Å². The Labute approximate surface area is 143 Å². The van der Waals surface area contributed by atoms with Crippen molar-refractivity contribution in [1.29, 1.82) is 0 Å². The molecule has 0 aliphatic rings. The van der Waals surface area contributed by atoms with Crippen LogP contribution in [0.4, 0.5) is 0 Å². The summed E-state index contributed by atoms with van der Waals surface area (Å²) in [5, 5.41) is 14.5. The summed E-state index contributed by atoms with van der Waals surface area (Å²) in [6.07, 6.45) is 2.11. The number of rotatable bonds is 3. The number of benzene rings is 2. The SMILES string of the molecule is CCc1nc2c(cnn2-c2ccccc2)c(=O)n1-c1cccc(O)c1. The van der Waals surface area contributed by atoms with Crippen LogP contribution in [0.1, 0.15) is 12.7 Å². The quantitative estimate of drug-likeness (QED) is 0.626. The monoisotopic (exact) mass is 332 g/mol. The second-order valence-electron chi connectivity index (χ2n) is 5.67. The van der Waals surface area contributed by atoms with E-state index in [2.05, 4.69) is 10.1 Å². The predicted octanol–water partition coefficient (Wildman–Crippen LogP) is 2.84. The van der Waals surface area contributed by atoms with Gasteiger partial charge in [-0.15, -0.1) is 0 Å². The number of hydrogen-bond donors (Lipinski definition) is 1. The maximum atomic E-state index is 13.1. The standard InChI is InChI=1S/C19H16N4O2/c1-2-17-21-18-16(12-20-23(18)13-7-4-3-5-8-13)19(25)22(17)14-9-6-10-15(24)11-14/h3-12,24H,2H2,1H3. The second kappa shape index (κ2) is 5.90. The summed E-state index contributed by atoms with van der Waals surface area (Å²) >= 11 is 0. The van der Waals surface area contributed by atoms with Crippen LogP contribution in [0.25, 0.3) is 22.4 Å². The third-order valence-electron chi connectivity index (χ3n) is 4.08. The first-order valence-corrected chi connectivity index (χ1v) is 8.03. The van der Waals surface area contributed by atoms with Gasteiger partial charge in [0.2, 0.25) is 0 Å². The van der Waals surface area contributed by atoms with Crippen molar-refractivity contribution in [1.82, 2.24) is 19.3 Å². The number of phenols is 1. The maximum absolute atomic E-state index is 13.1. The van der Waals surface area contributed by atoms with Crippen molar-refractivity contribution in [2.75, 3.05) is 0 Å². The molecule has 0 atom stereocenters. The highest BCUT2D eigenvalue weighted by Crippen LogP contribution is 2.19. The minimum absolute atomic E-state index is 0.103. The highest BCUT2D eigenvalue weighted by atomic mass is 16.3. The van der Waals surface area contributed by atoms with Crippen molar-refractivity contribution >= 4 is 11.0 Å². The average Bonchev–Trinajstić information content (AvgIpc) is 3.06. The van der Waals surface area contributed by atoms with Crippen LogP contribution in [0.2, 0.25) is 0 Å². The molecule has 4 rings (SSSR count). The molecule has 25 heavy (non-hydrogen) atoms. The first-order chi connectivity index (χ1) is 12.2. The molecule has 2 aromatic heterocycles. The Morgan fingerprint density at radius 1 is 1.04 bits per heavy atom. The lowest BCUT2D eigenvalue weighted by Crippen LogP contribution is -2.23. The van der Waals surface area contributed by atoms with Crippen LogP contribution in [0.15, 0.2) is 65.6 Å². The molecule has 4 aromatic rings. The van der Waals surface area contributed by atoms with Gasteiger partial charge in [0.1, 0.15) is 17.0 Å². The van der Waals surface area contributed by atoms with Crippen LogP contribution in [0.3, 0.4) is 0 Å². The van der Waals surface area contributed by atoms with Crippen LogP contribution in [0.5, 0.6) is 5.75 Å². The van der Waals surface area contributed by atoms with Gasteiger partial charge in [0.25, 0.3) is 5.56 Å². The van der Waals surface area contributed by atoms with Crippen LogP contribution < -0.4 is 5.56 Å². The van der Waals surface area contributed by atoms with E-state index in [4.69, 9.17) is 0 Å². The second-order valence-corrected chi connectivity index (χ2v) is 5.67. The molecule has 2 heterocycles. The minimum Gasteiger partial charge on any atom is -0.508 e. The zero-order valence-corrected chi connectivity index (χ0v) is 13.6. The summed E-state index contributed by atoms with van der Waals surface area (Å²) in [6, 6.07) is 16.2. The summed E-state index contributed by atoms with van der Waals surface area (Å²) in [6.45, 7) is 1.94. The molecule has 0 amide bonds. The van der Waals surface area contributed by atoms with Gasteiger partial charge in [-0.2, -0.15) is 5.10 Å². The van der Waals surface area contributed by atoms with Crippen LogP contribution in [-0.2, 0) is 6.42 Å². The predicted molar refractivity (Wildman–Crippen MR) is 95.5 cm³/mol. The van der Waals surface area contributed by atoms with Gasteiger partial charge >= 0.3 is 0 Å². The number of phenolic OH excluding ortho intramolecular Hbond substituents is 1. The Morgan fingerprint density at radius 2 is 1.80 bits per heavy atom. The van der Waals surface area contributed by atoms with Crippen molar-refractivity contribution in [3.63, 3.8) is 0 Å². The van der Waals surface area contributed by atoms with E-state index < -0.39 is 0 Å². The van der Waals surface area contributed by atoms with Gasteiger partial charge in [-0.05, 0) is 24.3 Å². The Morgan fingerprint density at radius 3 is 2.52 bits per heavy atom. The van der Waals surface area contributed by atoms with Gasteiger partial charge in [0.15, 0.2) is 5.65 Å². The summed E-state index contributed by atoms with van der Waals surface area (Å²) < 4.78 is 3.20. The average molecular weight is 332 g/mol. The Bertz CT molecular complexity index is 1110. The number of aryl methyl sites for hydroxylation is 1. The molecular weight excluding hydrogens is 316 g/mol. The first-order valence-electron chi connectivity index (χ1n) is 8.03. The van der Waals surface area contributed by atoms with Gasteiger partial charge in [0, 0.05) is 12.5 Å². The van der Waals surface area contributed by atoms with Gasteiger partial charge in [-0.1, -0.05) is 31.2 Å². The largest absolute Gasteiger partial charge is 0.508 e. The van der Waals surface area contributed by atoms with Crippen LogP contribution >= 0.6 is 0 Å². The number of fused-ring (bicyclic) bond motifs is 1. The smallest absolute Gasteiger partial charge is 0.269 e. The normalized spacial score (nSPS) is 11.1. The number of hydrogen-bond acceptors (Lipinski definition) is 4. The molecule has 2 aromatic carbocycles. The molecule has 0 spiro atoms. The number of aromatic nitrogens is 4. The van der Waals surface area contributed by atoms with E-state index in [0.717, 1.165) is 5.69 Å². The molecule has 0 aliphatic carbocycles. The van der Waals surface area contributed by atoms with Crippen molar-refractivity contribution in [2.45, 2.75) is 13.3 Å². The molecule has 0 bridgehead atoms. The van der Waals surface area contributed by atoms with Crippen LogP contribution in [0, 0.1) is 0 Å². The van der Waals surface area contributed by atoms with Crippen LogP contribution in [-0.4, -0.2) is 24.4 Å². The molecule has 1 N–H and O–H groups in total. The minimum atomic E-state index is -0.199. The molecule has 0 saturated carbocycles. The molecular formula is C19H16N4O2. The maximum Gasteiger partial charge on any atom is 0.269 e. The molecule has 6 heteroatoms. The molecule has 6 nitrogen and oxygen atoms in total. The lowest BCUT2D eigenvalue weighted by Gasteiger charge is -2.12. The summed E-state index contributed by atoms with van der Waals surface area (Å²) in [5.41, 5.74) is 1.77. The fraction of sp³-hybridized carbons (Fsp3) is 0.105. The number of aromatic hydroxyl groups is 1. The van der Waals surface area contributed by atoms with E-state index in [0.29, 0.717) is 29.0 Å². The third-order valence-corrected chi connectivity index (χ3v) is 4.08. The highest BCUT2D eigenvalue weighted by molar-refractivity contribution is 5.75. The first kappa shape index (κ1) is 15.1. The van der Waals surface area contributed by atoms with Gasteiger partial charge < -0.3 is 5.11 Å². The topological polar surface area (TPSA) is 72.9 Å². The zero-order valence-electron chi connectivity index (χ0n) is 13.6. The third kappa shape index (κ3) is 2.48. The van der Waals surface area contributed by atoms with Crippen molar-refractivity contribution < 1.29 is 5.11 Å². The zero-order chi connectivity index (χ0) is 17.4. The van der Waals surface area contributed by atoms with Crippen molar-refractivity contribution in [3.05, 3.63) is 77.0 Å². The fourth-order valence-electron chi connectivity index (χ4n) is 2.90. The molecule has 124 valence electrons. The van der Waals surface area contributed by atoms with E-state index in [1.807, 2.05) is 37.3 Å². The Balaban J connectivity index is 2.02. The lowest BCUT2D eigenvalue weighted by molar-refractivity contribution is 0.475. The van der Waals surface area contributed by atoms with E-state index in [1.165, 1.54) is 10.8 Å². The molecule has 0 fully saturated rings. The highest BCUT2D eigenvalue weighted by Gasteiger charge is 2.16. The summed E-state index contributed by atoms with van der Waals surface area (Å²) in [4.78, 5) is 17.7. The molecule has 0 unspecified atom stereocenters. The molecule has 0 radical (unpaired) electrons. The van der Waals surface area contributed by atoms with E-state index in [1.54, 1.807) is 28.9 Å². The molecule has 0 saturated heterocycles. The van der Waals surface area contributed by atoms with Gasteiger partial charge in [0.05, 0.1) is 17.6 Å². The number of nitrogens with zero attached hydrogens (tertiary/aromatic N) is 4. The summed E-state index contributed by atoms with van der Waals surface area (Å²) in [5.74, 6) is 0.715. The van der Waals surface area contributed by atoms with Gasteiger partial charge in [-0.3, -0.25) is 9.36 Å². The number of para-hydroxylation sites is 1. The van der Waals surface area contributed by atoms with Crippen molar-refractivity contribution in [3.8, 4) is 17.1 Å². The summed E-state index contributed by atoms with van der Waals surface area (Å²) in [7, 11) is 0. The van der Waals surface area contributed by atoms with Gasteiger partial charge in [-0.25, -0.2) is 9.67 Å². The molecule has 0 aliphatic heterocycles.